The molecule has 17 heavy (non-hydrogen) atoms. The second-order valence-corrected chi connectivity index (χ2v) is 4.66. The van der Waals surface area contributed by atoms with Crippen molar-refractivity contribution in [2.75, 3.05) is 6.61 Å². The maximum Gasteiger partial charge on any atom is 0.115 e. The molecule has 92 valence electrons. The van der Waals surface area contributed by atoms with Gasteiger partial charge in [0.25, 0.3) is 0 Å². The molecule has 0 fully saturated rings. The minimum absolute atomic E-state index is 0.0295. The van der Waals surface area contributed by atoms with Gasteiger partial charge in [0.2, 0.25) is 0 Å². The molecule has 3 nitrogen and oxygen atoms in total. The first-order valence-electron chi connectivity index (χ1n) is 6.00. The SMILES string of the molecule is Cc1cc(C)c(C(NN)C2=CCCO2)c(C)c1. The number of hydrogen-bond donors (Lipinski definition) is 2. The lowest BCUT2D eigenvalue weighted by Crippen LogP contribution is -2.30. The van der Waals surface area contributed by atoms with E-state index in [1.807, 2.05) is 0 Å². The third kappa shape index (κ3) is 2.35. The molecule has 0 aromatic heterocycles. The van der Waals surface area contributed by atoms with Gasteiger partial charge in [0, 0.05) is 6.42 Å². The minimum atomic E-state index is -0.0295. The predicted octanol–water partition coefficient (Wildman–Crippen LogP) is 2.42. The molecule has 1 aromatic rings. The second-order valence-electron chi connectivity index (χ2n) is 4.66. The molecule has 0 spiro atoms. The van der Waals surface area contributed by atoms with E-state index < -0.39 is 0 Å². The zero-order valence-corrected chi connectivity index (χ0v) is 10.7. The molecule has 0 radical (unpaired) electrons. The van der Waals surface area contributed by atoms with Gasteiger partial charge in [-0.2, -0.15) is 0 Å². The van der Waals surface area contributed by atoms with E-state index in [1.165, 1.54) is 22.3 Å². The van der Waals surface area contributed by atoms with Gasteiger partial charge in [-0.05, 0) is 43.5 Å². The van der Waals surface area contributed by atoms with E-state index in [0.29, 0.717) is 0 Å². The van der Waals surface area contributed by atoms with Crippen LogP contribution in [0, 0.1) is 20.8 Å². The molecule has 1 aromatic carbocycles. The Labute approximate surface area is 103 Å². The first-order valence-corrected chi connectivity index (χ1v) is 6.00. The summed E-state index contributed by atoms with van der Waals surface area (Å²) < 4.78 is 5.62. The maximum atomic E-state index is 5.69. The Morgan fingerprint density at radius 1 is 1.24 bits per heavy atom. The molecular weight excluding hydrogens is 212 g/mol. The number of aryl methyl sites for hydroxylation is 3. The Balaban J connectivity index is 2.43. The van der Waals surface area contributed by atoms with Gasteiger partial charge in [0.1, 0.15) is 11.8 Å². The van der Waals surface area contributed by atoms with Crippen molar-refractivity contribution in [3.8, 4) is 0 Å². The number of hydrogen-bond acceptors (Lipinski definition) is 3. The largest absolute Gasteiger partial charge is 0.496 e. The van der Waals surface area contributed by atoms with Crippen LogP contribution in [0.3, 0.4) is 0 Å². The van der Waals surface area contributed by atoms with Gasteiger partial charge in [0.05, 0.1) is 6.61 Å². The van der Waals surface area contributed by atoms with Gasteiger partial charge in [0.15, 0.2) is 0 Å². The molecule has 1 aliphatic heterocycles. The Bertz CT molecular complexity index is 429. The van der Waals surface area contributed by atoms with E-state index >= 15 is 0 Å². The van der Waals surface area contributed by atoms with Crippen molar-refractivity contribution in [3.05, 3.63) is 46.2 Å². The molecule has 0 saturated heterocycles. The Morgan fingerprint density at radius 3 is 2.35 bits per heavy atom. The molecule has 3 N–H and O–H groups in total. The monoisotopic (exact) mass is 232 g/mol. The highest BCUT2D eigenvalue weighted by Gasteiger charge is 2.22. The fraction of sp³-hybridized carbons (Fsp3) is 0.429. The Morgan fingerprint density at radius 2 is 1.88 bits per heavy atom. The van der Waals surface area contributed by atoms with Gasteiger partial charge in [-0.25, -0.2) is 5.43 Å². The fourth-order valence-corrected chi connectivity index (χ4v) is 2.59. The number of rotatable bonds is 3. The maximum absolute atomic E-state index is 5.69. The van der Waals surface area contributed by atoms with E-state index in [1.54, 1.807) is 0 Å². The van der Waals surface area contributed by atoms with Crippen LogP contribution in [0.5, 0.6) is 0 Å². The molecule has 1 atom stereocenters. The van der Waals surface area contributed by atoms with E-state index in [4.69, 9.17) is 10.6 Å². The summed E-state index contributed by atoms with van der Waals surface area (Å²) in [5.41, 5.74) is 7.88. The highest BCUT2D eigenvalue weighted by molar-refractivity contribution is 5.42. The molecule has 0 bridgehead atoms. The van der Waals surface area contributed by atoms with Crippen LogP contribution in [-0.4, -0.2) is 6.61 Å². The van der Waals surface area contributed by atoms with Crippen molar-refractivity contribution in [2.45, 2.75) is 33.2 Å². The predicted molar refractivity (Wildman–Crippen MR) is 69.4 cm³/mol. The van der Waals surface area contributed by atoms with Gasteiger partial charge in [-0.15, -0.1) is 0 Å². The van der Waals surface area contributed by atoms with Crippen LogP contribution in [0.15, 0.2) is 24.0 Å². The van der Waals surface area contributed by atoms with E-state index in [2.05, 4.69) is 44.4 Å². The summed E-state index contributed by atoms with van der Waals surface area (Å²) in [5, 5.41) is 0. The molecule has 1 aliphatic rings. The smallest absolute Gasteiger partial charge is 0.115 e. The van der Waals surface area contributed by atoms with Crippen molar-refractivity contribution in [1.29, 1.82) is 0 Å². The zero-order chi connectivity index (χ0) is 12.4. The van der Waals surface area contributed by atoms with E-state index in [0.717, 1.165) is 18.8 Å². The molecule has 1 unspecified atom stereocenters. The molecule has 1 heterocycles. The van der Waals surface area contributed by atoms with Crippen LogP contribution in [0.4, 0.5) is 0 Å². The summed E-state index contributed by atoms with van der Waals surface area (Å²) in [4.78, 5) is 0. The summed E-state index contributed by atoms with van der Waals surface area (Å²) in [6.45, 7) is 7.11. The third-order valence-electron chi connectivity index (χ3n) is 3.21. The summed E-state index contributed by atoms with van der Waals surface area (Å²) in [5.74, 6) is 6.64. The van der Waals surface area contributed by atoms with Crippen LogP contribution in [0.1, 0.15) is 34.7 Å². The average Bonchev–Trinajstić information content (AvgIpc) is 2.76. The van der Waals surface area contributed by atoms with Crippen LogP contribution >= 0.6 is 0 Å². The molecule has 0 aliphatic carbocycles. The van der Waals surface area contributed by atoms with Gasteiger partial charge < -0.3 is 4.74 Å². The quantitative estimate of drug-likeness (QED) is 0.621. The number of ether oxygens (including phenoxy) is 1. The summed E-state index contributed by atoms with van der Waals surface area (Å²) in [7, 11) is 0. The minimum Gasteiger partial charge on any atom is -0.496 e. The number of nitrogens with two attached hydrogens (primary N) is 1. The summed E-state index contributed by atoms with van der Waals surface area (Å²) >= 11 is 0. The van der Waals surface area contributed by atoms with Gasteiger partial charge >= 0.3 is 0 Å². The highest BCUT2D eigenvalue weighted by atomic mass is 16.5. The number of hydrazine groups is 1. The van der Waals surface area contributed by atoms with Crippen molar-refractivity contribution >= 4 is 0 Å². The fourth-order valence-electron chi connectivity index (χ4n) is 2.59. The molecule has 0 saturated carbocycles. The van der Waals surface area contributed by atoms with Crippen molar-refractivity contribution in [1.82, 2.24) is 5.43 Å². The second kappa shape index (κ2) is 4.90. The van der Waals surface area contributed by atoms with E-state index in [9.17, 15) is 0 Å². The van der Waals surface area contributed by atoms with Crippen LogP contribution in [0.2, 0.25) is 0 Å². The normalized spacial score (nSPS) is 16.6. The molecule has 0 amide bonds. The van der Waals surface area contributed by atoms with Crippen molar-refractivity contribution in [2.24, 2.45) is 5.84 Å². The van der Waals surface area contributed by atoms with Gasteiger partial charge in [-0.3, -0.25) is 5.84 Å². The number of nitrogens with one attached hydrogen (secondary N) is 1. The van der Waals surface area contributed by atoms with Crippen molar-refractivity contribution in [3.63, 3.8) is 0 Å². The Hall–Kier alpha value is -1.32. The van der Waals surface area contributed by atoms with Crippen LogP contribution < -0.4 is 11.3 Å². The average molecular weight is 232 g/mol. The van der Waals surface area contributed by atoms with E-state index in [-0.39, 0.29) is 6.04 Å². The molecule has 2 rings (SSSR count). The van der Waals surface area contributed by atoms with Crippen molar-refractivity contribution < 1.29 is 4.74 Å². The highest BCUT2D eigenvalue weighted by Crippen LogP contribution is 2.30. The summed E-state index contributed by atoms with van der Waals surface area (Å²) in [6, 6.07) is 4.34. The lowest BCUT2D eigenvalue weighted by Gasteiger charge is -2.22. The third-order valence-corrected chi connectivity index (χ3v) is 3.21. The Kier molecular flexibility index (Phi) is 3.50. The topological polar surface area (TPSA) is 47.3 Å². The first-order chi connectivity index (χ1) is 8.13. The zero-order valence-electron chi connectivity index (χ0n) is 10.7. The van der Waals surface area contributed by atoms with Crippen LogP contribution in [0.25, 0.3) is 0 Å². The lowest BCUT2D eigenvalue weighted by atomic mass is 9.93. The summed E-state index contributed by atoms with van der Waals surface area (Å²) in [6.07, 6.45) is 3.08. The van der Waals surface area contributed by atoms with Crippen LogP contribution in [-0.2, 0) is 4.74 Å². The molecular formula is C14H20N2O. The lowest BCUT2D eigenvalue weighted by molar-refractivity contribution is 0.215. The molecule has 3 heteroatoms. The first kappa shape index (κ1) is 12.1. The number of benzene rings is 1. The van der Waals surface area contributed by atoms with Gasteiger partial charge in [-0.1, -0.05) is 17.7 Å². The standard InChI is InChI=1S/C14H20N2O/c1-9-7-10(2)13(11(3)8-9)14(16-15)12-5-4-6-17-12/h5,7-8,14,16H,4,6,15H2,1-3H3.